The van der Waals surface area contributed by atoms with Gasteiger partial charge in [-0.1, -0.05) is 23.7 Å². The first kappa shape index (κ1) is 13.3. The second-order valence-corrected chi connectivity index (χ2v) is 5.53. The quantitative estimate of drug-likeness (QED) is 0.736. The number of benzene rings is 1. The normalized spacial score (nSPS) is 10.9. The minimum atomic E-state index is -0.222. The monoisotopic (exact) mass is 307 g/mol. The predicted molar refractivity (Wildman–Crippen MR) is 81.0 cm³/mol. The maximum Gasteiger partial charge on any atom is 0.225 e. The number of halogens is 2. The molecule has 6 heteroatoms. The summed E-state index contributed by atoms with van der Waals surface area (Å²) in [7, 11) is 0. The van der Waals surface area contributed by atoms with E-state index in [2.05, 4.69) is 15.3 Å². The van der Waals surface area contributed by atoms with Gasteiger partial charge >= 0.3 is 0 Å². The summed E-state index contributed by atoms with van der Waals surface area (Å²) in [6, 6.07) is 8.37. The molecular formula is C14H11ClFN3S. The lowest BCUT2D eigenvalue weighted by Crippen LogP contribution is -2.08. The molecule has 2 aromatic heterocycles. The fraction of sp³-hybridized carbons (Fsp3) is 0.143. The number of hydrogen-bond donors (Lipinski definition) is 1. The second-order valence-electron chi connectivity index (χ2n) is 4.28. The third-order valence-corrected chi connectivity index (χ3v) is 3.98. The first-order valence-electron chi connectivity index (χ1n) is 6.11. The standard InChI is InChI=1S/C14H11ClFN3S/c15-12-11-6-8-20-13(11)19-14(18-12)17-7-5-9-1-3-10(16)4-2-9/h1-4,6,8H,5,7H2,(H,17,18,19). The van der Waals surface area contributed by atoms with Gasteiger partial charge in [0.05, 0.1) is 0 Å². The molecule has 102 valence electrons. The summed E-state index contributed by atoms with van der Waals surface area (Å²) in [5, 5.41) is 6.41. The Morgan fingerprint density at radius 1 is 1.15 bits per heavy atom. The molecule has 0 saturated heterocycles. The number of aromatic nitrogens is 2. The fourth-order valence-electron chi connectivity index (χ4n) is 1.87. The molecule has 3 nitrogen and oxygen atoms in total. The summed E-state index contributed by atoms with van der Waals surface area (Å²) in [6.07, 6.45) is 0.768. The van der Waals surface area contributed by atoms with Gasteiger partial charge in [-0.2, -0.15) is 0 Å². The summed E-state index contributed by atoms with van der Waals surface area (Å²) < 4.78 is 12.8. The Labute approximate surface area is 124 Å². The molecule has 0 aliphatic carbocycles. The molecule has 0 bridgehead atoms. The first-order chi connectivity index (χ1) is 9.72. The zero-order chi connectivity index (χ0) is 13.9. The minimum Gasteiger partial charge on any atom is -0.354 e. The smallest absolute Gasteiger partial charge is 0.225 e. The number of rotatable bonds is 4. The van der Waals surface area contributed by atoms with E-state index in [1.165, 1.54) is 23.5 Å². The van der Waals surface area contributed by atoms with Crippen molar-refractivity contribution in [3.8, 4) is 0 Å². The Kier molecular flexibility index (Phi) is 3.80. The van der Waals surface area contributed by atoms with E-state index >= 15 is 0 Å². The summed E-state index contributed by atoms with van der Waals surface area (Å²) in [6.45, 7) is 0.666. The van der Waals surface area contributed by atoms with Gasteiger partial charge in [0.1, 0.15) is 15.8 Å². The summed E-state index contributed by atoms with van der Waals surface area (Å²) >= 11 is 7.62. The van der Waals surface area contributed by atoms with Crippen molar-refractivity contribution in [2.24, 2.45) is 0 Å². The molecule has 20 heavy (non-hydrogen) atoms. The van der Waals surface area contributed by atoms with E-state index < -0.39 is 0 Å². The average molecular weight is 308 g/mol. The molecule has 1 aromatic carbocycles. The highest BCUT2D eigenvalue weighted by Gasteiger charge is 2.06. The highest BCUT2D eigenvalue weighted by atomic mass is 35.5. The van der Waals surface area contributed by atoms with Crippen LogP contribution in [-0.2, 0) is 6.42 Å². The van der Waals surface area contributed by atoms with Crippen molar-refractivity contribution in [2.45, 2.75) is 6.42 Å². The third kappa shape index (κ3) is 2.89. The zero-order valence-electron chi connectivity index (χ0n) is 10.4. The molecular weight excluding hydrogens is 297 g/mol. The van der Waals surface area contributed by atoms with E-state index in [4.69, 9.17) is 11.6 Å². The Morgan fingerprint density at radius 2 is 1.95 bits per heavy atom. The number of fused-ring (bicyclic) bond motifs is 1. The van der Waals surface area contributed by atoms with E-state index in [9.17, 15) is 4.39 Å². The highest BCUT2D eigenvalue weighted by Crippen LogP contribution is 2.25. The molecule has 3 rings (SSSR count). The molecule has 1 N–H and O–H groups in total. The van der Waals surface area contributed by atoms with Crippen LogP contribution in [0.4, 0.5) is 10.3 Å². The van der Waals surface area contributed by atoms with Gasteiger partial charge in [-0.3, -0.25) is 0 Å². The van der Waals surface area contributed by atoms with Crippen LogP contribution in [-0.4, -0.2) is 16.5 Å². The predicted octanol–water partition coefficient (Wildman–Crippen LogP) is 4.14. The molecule has 2 heterocycles. The van der Waals surface area contributed by atoms with Crippen LogP contribution in [0, 0.1) is 5.82 Å². The van der Waals surface area contributed by atoms with Crippen LogP contribution in [0.25, 0.3) is 10.2 Å². The summed E-state index contributed by atoms with van der Waals surface area (Å²) in [4.78, 5) is 9.47. The molecule has 3 aromatic rings. The average Bonchev–Trinajstić information content (AvgIpc) is 2.90. The van der Waals surface area contributed by atoms with Gasteiger partial charge in [0.15, 0.2) is 0 Å². The molecule has 0 amide bonds. The maximum absolute atomic E-state index is 12.8. The van der Waals surface area contributed by atoms with Crippen molar-refractivity contribution in [1.82, 2.24) is 9.97 Å². The highest BCUT2D eigenvalue weighted by molar-refractivity contribution is 7.16. The van der Waals surface area contributed by atoms with Gasteiger partial charge in [0.2, 0.25) is 5.95 Å². The third-order valence-electron chi connectivity index (χ3n) is 2.89. The number of nitrogens with one attached hydrogen (secondary N) is 1. The molecule has 0 atom stereocenters. The Bertz CT molecular complexity index is 727. The van der Waals surface area contributed by atoms with Gasteiger partial charge in [-0.25, -0.2) is 14.4 Å². The number of anilines is 1. The van der Waals surface area contributed by atoms with Crippen molar-refractivity contribution in [3.63, 3.8) is 0 Å². The second kappa shape index (κ2) is 5.73. The summed E-state index contributed by atoms with van der Waals surface area (Å²) in [5.41, 5.74) is 1.06. The van der Waals surface area contributed by atoms with Gasteiger partial charge in [0, 0.05) is 11.9 Å². The summed E-state index contributed by atoms with van der Waals surface area (Å²) in [5.74, 6) is 0.298. The lowest BCUT2D eigenvalue weighted by molar-refractivity contribution is 0.627. The molecule has 0 aliphatic rings. The lowest BCUT2D eigenvalue weighted by atomic mass is 10.1. The number of thiophene rings is 1. The van der Waals surface area contributed by atoms with Crippen LogP contribution in [0.15, 0.2) is 35.7 Å². The molecule has 0 fully saturated rings. The van der Waals surface area contributed by atoms with Crippen molar-refractivity contribution >= 4 is 39.1 Å². The van der Waals surface area contributed by atoms with Crippen molar-refractivity contribution < 1.29 is 4.39 Å². The first-order valence-corrected chi connectivity index (χ1v) is 7.37. The van der Waals surface area contributed by atoms with Crippen LogP contribution < -0.4 is 5.32 Å². The molecule has 0 aliphatic heterocycles. The molecule has 0 unspecified atom stereocenters. The van der Waals surface area contributed by atoms with Gasteiger partial charge in [-0.05, 0) is 35.6 Å². The molecule has 0 spiro atoms. The van der Waals surface area contributed by atoms with Crippen molar-refractivity contribution in [3.05, 3.63) is 52.2 Å². The van der Waals surface area contributed by atoms with Crippen LogP contribution in [0.2, 0.25) is 5.15 Å². The number of hydrogen-bond acceptors (Lipinski definition) is 4. The van der Waals surface area contributed by atoms with Crippen molar-refractivity contribution in [2.75, 3.05) is 11.9 Å². The Morgan fingerprint density at radius 3 is 2.75 bits per heavy atom. The minimum absolute atomic E-state index is 0.222. The zero-order valence-corrected chi connectivity index (χ0v) is 12.0. The topological polar surface area (TPSA) is 37.8 Å². The van der Waals surface area contributed by atoms with Crippen LogP contribution in [0.5, 0.6) is 0 Å². The van der Waals surface area contributed by atoms with E-state index in [0.29, 0.717) is 17.6 Å². The van der Waals surface area contributed by atoms with E-state index in [1.807, 2.05) is 11.4 Å². The van der Waals surface area contributed by atoms with Crippen molar-refractivity contribution in [1.29, 1.82) is 0 Å². The SMILES string of the molecule is Fc1ccc(CCNc2nc(Cl)c3ccsc3n2)cc1. The fourth-order valence-corrected chi connectivity index (χ4v) is 2.92. The number of nitrogens with zero attached hydrogens (tertiary/aromatic N) is 2. The Hall–Kier alpha value is -1.72. The van der Waals surface area contributed by atoms with E-state index in [0.717, 1.165) is 22.2 Å². The van der Waals surface area contributed by atoms with Crippen LogP contribution in [0.1, 0.15) is 5.56 Å². The van der Waals surface area contributed by atoms with Gasteiger partial charge < -0.3 is 5.32 Å². The van der Waals surface area contributed by atoms with E-state index in [1.54, 1.807) is 12.1 Å². The molecule has 0 saturated carbocycles. The maximum atomic E-state index is 12.8. The largest absolute Gasteiger partial charge is 0.354 e. The molecule has 0 radical (unpaired) electrons. The van der Waals surface area contributed by atoms with E-state index in [-0.39, 0.29) is 5.82 Å². The van der Waals surface area contributed by atoms with Crippen LogP contribution in [0.3, 0.4) is 0 Å². The van der Waals surface area contributed by atoms with Gasteiger partial charge in [0.25, 0.3) is 0 Å². The van der Waals surface area contributed by atoms with Gasteiger partial charge in [-0.15, -0.1) is 11.3 Å². The Balaban J connectivity index is 1.66. The lowest BCUT2D eigenvalue weighted by Gasteiger charge is -2.05. The van der Waals surface area contributed by atoms with Crippen LogP contribution >= 0.6 is 22.9 Å².